The highest BCUT2D eigenvalue weighted by Gasteiger charge is 2.36. The molecule has 9 heteroatoms. The number of rotatable bonds is 17. The van der Waals surface area contributed by atoms with Crippen molar-refractivity contribution in [1.29, 1.82) is 0 Å². The van der Waals surface area contributed by atoms with Gasteiger partial charge < -0.3 is 29.2 Å². The van der Waals surface area contributed by atoms with E-state index in [4.69, 9.17) is 42.1 Å². The number of nitrogens with zero attached hydrogens (tertiary/aromatic N) is 1. The van der Waals surface area contributed by atoms with Gasteiger partial charge in [0.1, 0.15) is 19.0 Å². The molecule has 0 radical (unpaired) electrons. The third-order valence-corrected chi connectivity index (χ3v) is 9.06. The predicted molar refractivity (Wildman–Crippen MR) is 195 cm³/mol. The molecular weight excluding hydrogens is 647 g/mol. The minimum absolute atomic E-state index is 0.149. The zero-order valence-electron chi connectivity index (χ0n) is 28.8. The fraction of sp³-hybridized carbons (Fsp3) is 0.513. The van der Waals surface area contributed by atoms with Crippen molar-refractivity contribution in [1.82, 2.24) is 10.2 Å². The highest BCUT2D eigenvalue weighted by Crippen LogP contribution is 2.34. The van der Waals surface area contributed by atoms with E-state index in [1.807, 2.05) is 49.4 Å². The molecular formula is C39H52Cl2N2O5. The topological polar surface area (TPSA) is 69.3 Å². The summed E-state index contributed by atoms with van der Waals surface area (Å²) in [4.78, 5) is 15.4. The molecule has 2 fully saturated rings. The summed E-state index contributed by atoms with van der Waals surface area (Å²) in [7, 11) is 3.51. The van der Waals surface area contributed by atoms with Crippen LogP contribution < -0.4 is 14.8 Å². The number of benzene rings is 3. The van der Waals surface area contributed by atoms with Crippen LogP contribution in [0.4, 0.5) is 0 Å². The highest BCUT2D eigenvalue weighted by atomic mass is 35.5. The monoisotopic (exact) mass is 698 g/mol. The third kappa shape index (κ3) is 12.9. The van der Waals surface area contributed by atoms with Crippen LogP contribution in [0.3, 0.4) is 0 Å². The molecule has 1 atom stereocenters. The van der Waals surface area contributed by atoms with E-state index in [0.717, 1.165) is 95.5 Å². The van der Waals surface area contributed by atoms with Gasteiger partial charge in [-0.2, -0.15) is 0 Å². The average Bonchev–Trinajstić information content (AvgIpc) is 3.93. The summed E-state index contributed by atoms with van der Waals surface area (Å²) in [6.45, 7) is 6.94. The lowest BCUT2D eigenvalue weighted by atomic mass is 9.96. The molecule has 2 aliphatic rings. The van der Waals surface area contributed by atoms with Crippen LogP contribution >= 0.6 is 23.2 Å². The number of amides is 1. The lowest BCUT2D eigenvalue weighted by molar-refractivity contribution is -0.137. The quantitative estimate of drug-likeness (QED) is 0.144. The molecule has 0 aromatic heterocycles. The molecule has 48 heavy (non-hydrogen) atoms. The normalized spacial score (nSPS) is 15.7. The number of hydrogen-bond acceptors (Lipinski definition) is 6. The zero-order chi connectivity index (χ0) is 34.1. The molecule has 1 N–H and O–H groups in total. The lowest BCUT2D eigenvalue weighted by Gasteiger charge is -2.30. The van der Waals surface area contributed by atoms with Gasteiger partial charge in [-0.15, -0.1) is 0 Å². The van der Waals surface area contributed by atoms with Crippen molar-refractivity contribution in [2.75, 3.05) is 53.7 Å². The van der Waals surface area contributed by atoms with Gasteiger partial charge in [-0.25, -0.2) is 0 Å². The molecule has 7 nitrogen and oxygen atoms in total. The molecule has 1 aliphatic heterocycles. The Morgan fingerprint density at radius 2 is 1.42 bits per heavy atom. The second kappa shape index (κ2) is 20.6. The minimum atomic E-state index is 0.149. The first kappa shape index (κ1) is 38.0. The Labute approximate surface area is 297 Å². The van der Waals surface area contributed by atoms with Crippen molar-refractivity contribution in [2.45, 2.75) is 70.9 Å². The first-order valence-electron chi connectivity index (χ1n) is 17.2. The summed E-state index contributed by atoms with van der Waals surface area (Å²) in [5, 5.41) is 4.43. The minimum Gasteiger partial charge on any atom is -0.490 e. The first-order chi connectivity index (χ1) is 23.4. The van der Waals surface area contributed by atoms with Crippen molar-refractivity contribution in [3.8, 4) is 11.5 Å². The molecule has 0 spiro atoms. The van der Waals surface area contributed by atoms with E-state index in [0.29, 0.717) is 41.0 Å². The van der Waals surface area contributed by atoms with E-state index in [1.165, 1.54) is 16.7 Å². The van der Waals surface area contributed by atoms with Gasteiger partial charge in [-0.05, 0) is 111 Å². The van der Waals surface area contributed by atoms with Crippen molar-refractivity contribution in [3.63, 3.8) is 0 Å². The molecule has 1 unspecified atom stereocenters. The van der Waals surface area contributed by atoms with E-state index >= 15 is 0 Å². The SMILES string of the molecule is COCCCc1cc(CCCOC)cc(CN(C(=O)C2CCCNC2)C2CC2)c1.Cc1cc(Cl)c(OCCOc2ccccc2)c(Cl)c1. The smallest absolute Gasteiger partial charge is 0.227 e. The maximum atomic E-state index is 13.2. The molecule has 1 amide bonds. The van der Waals surface area contributed by atoms with E-state index in [1.54, 1.807) is 14.2 Å². The van der Waals surface area contributed by atoms with Crippen molar-refractivity contribution in [3.05, 3.63) is 93.0 Å². The van der Waals surface area contributed by atoms with E-state index < -0.39 is 0 Å². The number of methoxy groups -OCH3 is 2. The summed E-state index contributed by atoms with van der Waals surface area (Å²) in [5.41, 5.74) is 4.99. The molecule has 3 aromatic carbocycles. The summed E-state index contributed by atoms with van der Waals surface area (Å²) in [6.07, 6.45) is 8.51. The maximum absolute atomic E-state index is 13.2. The second-order valence-corrected chi connectivity index (χ2v) is 13.5. The Morgan fingerprint density at radius 1 is 0.812 bits per heavy atom. The zero-order valence-corrected chi connectivity index (χ0v) is 30.3. The first-order valence-corrected chi connectivity index (χ1v) is 18.0. The van der Waals surface area contributed by atoms with Crippen LogP contribution in [0.1, 0.15) is 60.8 Å². The van der Waals surface area contributed by atoms with Crippen LogP contribution in [0.5, 0.6) is 11.5 Å². The van der Waals surface area contributed by atoms with Gasteiger partial charge >= 0.3 is 0 Å². The Hall–Kier alpha value is -2.81. The molecule has 262 valence electrons. The number of hydrogen-bond donors (Lipinski definition) is 1. The van der Waals surface area contributed by atoms with E-state index in [2.05, 4.69) is 28.4 Å². The number of carbonyl (C=O) groups excluding carboxylic acids is 1. The molecule has 3 aromatic rings. The Morgan fingerprint density at radius 3 is 1.98 bits per heavy atom. The van der Waals surface area contributed by atoms with Crippen molar-refractivity contribution < 1.29 is 23.7 Å². The number of carbonyl (C=O) groups is 1. The van der Waals surface area contributed by atoms with Crippen LogP contribution in [-0.2, 0) is 33.7 Å². The molecule has 1 saturated carbocycles. The van der Waals surface area contributed by atoms with Gasteiger partial charge in [0.25, 0.3) is 0 Å². The van der Waals surface area contributed by atoms with Gasteiger partial charge in [0.15, 0.2) is 5.75 Å². The Kier molecular flexibility index (Phi) is 16.3. The standard InChI is InChI=1S/C24H38N2O3.C15H14Cl2O2/c1-28-12-4-6-19-14-20(7-5-13-29-2)16-21(15-19)18-26(23-9-10-23)24(27)22-8-3-11-25-17-22;1-11-9-13(16)15(14(17)10-11)19-8-7-18-12-5-3-2-4-6-12/h14-16,22-23,25H,3-13,17-18H2,1-2H3;2-6,9-10H,7-8H2,1H3. The van der Waals surface area contributed by atoms with E-state index in [-0.39, 0.29) is 5.92 Å². The number of halogens is 2. The molecule has 1 aliphatic carbocycles. The maximum Gasteiger partial charge on any atom is 0.227 e. The number of aryl methyl sites for hydroxylation is 3. The van der Waals surface area contributed by atoms with Crippen LogP contribution in [0.15, 0.2) is 60.7 Å². The van der Waals surface area contributed by atoms with Crippen molar-refractivity contribution >= 4 is 29.1 Å². The fourth-order valence-corrected chi connectivity index (χ4v) is 6.68. The van der Waals surface area contributed by atoms with Gasteiger partial charge in [0, 0.05) is 46.6 Å². The van der Waals surface area contributed by atoms with Gasteiger partial charge in [0.05, 0.1) is 16.0 Å². The third-order valence-electron chi connectivity index (χ3n) is 8.49. The average molecular weight is 700 g/mol. The molecule has 0 bridgehead atoms. The van der Waals surface area contributed by atoms with Gasteiger partial charge in [0.2, 0.25) is 5.91 Å². The Balaban J connectivity index is 0.000000237. The second-order valence-electron chi connectivity index (χ2n) is 12.7. The summed E-state index contributed by atoms with van der Waals surface area (Å²) in [6, 6.07) is 20.6. The van der Waals surface area contributed by atoms with Gasteiger partial charge in [-0.1, -0.05) is 59.6 Å². The molecule has 5 rings (SSSR count). The molecule has 1 saturated heterocycles. The Bertz CT molecular complexity index is 1350. The van der Waals surface area contributed by atoms with Crippen molar-refractivity contribution in [2.24, 2.45) is 5.92 Å². The number of ether oxygens (including phenoxy) is 4. The predicted octanol–water partition coefficient (Wildman–Crippen LogP) is 8.09. The van der Waals surface area contributed by atoms with E-state index in [9.17, 15) is 4.79 Å². The summed E-state index contributed by atoms with van der Waals surface area (Å²) >= 11 is 12.2. The number of piperidine rings is 1. The summed E-state index contributed by atoms with van der Waals surface area (Å²) < 4.78 is 21.5. The number of para-hydroxylation sites is 1. The van der Waals surface area contributed by atoms with Gasteiger partial charge in [-0.3, -0.25) is 4.79 Å². The number of nitrogens with one attached hydrogen (secondary N) is 1. The fourth-order valence-electron chi connectivity index (χ4n) is 5.97. The van der Waals surface area contributed by atoms with Crippen LogP contribution in [0, 0.1) is 12.8 Å². The largest absolute Gasteiger partial charge is 0.490 e. The van der Waals surface area contributed by atoms with Crippen LogP contribution in [0.2, 0.25) is 10.0 Å². The van der Waals surface area contributed by atoms with Crippen LogP contribution in [0.25, 0.3) is 0 Å². The summed E-state index contributed by atoms with van der Waals surface area (Å²) in [5.74, 6) is 1.82. The van der Waals surface area contributed by atoms with Crippen LogP contribution in [-0.4, -0.2) is 70.6 Å². The molecule has 1 heterocycles. The lowest BCUT2D eigenvalue weighted by Crippen LogP contribution is -2.43. The highest BCUT2D eigenvalue weighted by molar-refractivity contribution is 6.37.